The van der Waals surface area contributed by atoms with Crippen molar-refractivity contribution in [3.05, 3.63) is 34.1 Å². The van der Waals surface area contributed by atoms with Crippen LogP contribution in [0, 0.1) is 5.82 Å². The van der Waals surface area contributed by atoms with Gasteiger partial charge in [0.05, 0.1) is 0 Å². The molecule has 1 atom stereocenters. The van der Waals surface area contributed by atoms with Gasteiger partial charge >= 0.3 is 0 Å². The fraction of sp³-hybridized carbons (Fsp3) is 0.400. The molecule has 15 heavy (non-hydrogen) atoms. The molecule has 0 radical (unpaired) electrons. The van der Waals surface area contributed by atoms with Crippen LogP contribution in [-0.2, 0) is 0 Å². The molecular formula is C10H13BrClFN2. The number of halogens is 3. The van der Waals surface area contributed by atoms with Crippen LogP contribution in [0.5, 0.6) is 0 Å². The van der Waals surface area contributed by atoms with E-state index in [9.17, 15) is 4.39 Å². The second kappa shape index (κ2) is 5.80. The summed E-state index contributed by atoms with van der Waals surface area (Å²) in [5, 5.41) is 6.52. The maximum absolute atomic E-state index is 13.5. The van der Waals surface area contributed by atoms with Gasteiger partial charge in [-0.25, -0.2) is 4.39 Å². The molecule has 2 N–H and O–H groups in total. The van der Waals surface area contributed by atoms with Crippen molar-refractivity contribution in [1.82, 2.24) is 10.6 Å². The molecule has 84 valence electrons. The lowest BCUT2D eigenvalue weighted by atomic mass is 10.1. The van der Waals surface area contributed by atoms with Crippen molar-refractivity contribution < 1.29 is 4.39 Å². The van der Waals surface area contributed by atoms with Gasteiger partial charge < -0.3 is 10.6 Å². The van der Waals surface area contributed by atoms with Crippen molar-refractivity contribution in [2.45, 2.75) is 6.04 Å². The normalized spacial score (nSPS) is 20.8. The maximum atomic E-state index is 13.5. The average Bonchev–Trinajstić information content (AvgIpc) is 2.23. The van der Waals surface area contributed by atoms with Gasteiger partial charge in [0.25, 0.3) is 0 Å². The molecule has 0 aliphatic carbocycles. The second-order valence-electron chi connectivity index (χ2n) is 3.38. The van der Waals surface area contributed by atoms with Crippen LogP contribution in [0.15, 0.2) is 22.7 Å². The summed E-state index contributed by atoms with van der Waals surface area (Å²) in [5.41, 5.74) is 0.728. The highest BCUT2D eigenvalue weighted by Crippen LogP contribution is 2.22. The maximum Gasteiger partial charge on any atom is 0.128 e. The van der Waals surface area contributed by atoms with E-state index >= 15 is 0 Å². The SMILES string of the molecule is Cl.Fc1ccc(Br)cc1[C@@H]1CNCCN1. The minimum absolute atomic E-state index is 0. The Bertz CT molecular complexity index is 329. The van der Waals surface area contributed by atoms with Gasteiger partial charge in [-0.15, -0.1) is 12.4 Å². The molecule has 1 aromatic rings. The van der Waals surface area contributed by atoms with Crippen molar-refractivity contribution in [2.24, 2.45) is 0 Å². The summed E-state index contributed by atoms with van der Waals surface area (Å²) in [6.07, 6.45) is 0. The van der Waals surface area contributed by atoms with Gasteiger partial charge in [0.1, 0.15) is 5.82 Å². The van der Waals surface area contributed by atoms with Crippen LogP contribution in [-0.4, -0.2) is 19.6 Å². The molecule has 1 aromatic carbocycles. The highest BCUT2D eigenvalue weighted by molar-refractivity contribution is 9.10. The Kier molecular flexibility index (Phi) is 4.99. The molecule has 1 fully saturated rings. The summed E-state index contributed by atoms with van der Waals surface area (Å²) in [6, 6.07) is 5.13. The third-order valence-electron chi connectivity index (χ3n) is 2.37. The standard InChI is InChI=1S/C10H12BrFN2.ClH/c11-7-1-2-9(12)8(5-7)10-6-13-3-4-14-10;/h1-2,5,10,13-14H,3-4,6H2;1H/t10-;/m0./s1. The molecule has 1 aliphatic rings. The molecule has 1 saturated heterocycles. The van der Waals surface area contributed by atoms with E-state index in [-0.39, 0.29) is 24.3 Å². The monoisotopic (exact) mass is 294 g/mol. The first kappa shape index (κ1) is 12.9. The first-order chi connectivity index (χ1) is 6.77. The lowest BCUT2D eigenvalue weighted by Crippen LogP contribution is -2.42. The van der Waals surface area contributed by atoms with E-state index in [1.807, 2.05) is 6.07 Å². The Balaban J connectivity index is 0.00000112. The summed E-state index contributed by atoms with van der Waals surface area (Å²) < 4.78 is 14.4. The summed E-state index contributed by atoms with van der Waals surface area (Å²) >= 11 is 3.35. The highest BCUT2D eigenvalue weighted by atomic mass is 79.9. The minimum atomic E-state index is -0.144. The zero-order valence-corrected chi connectivity index (χ0v) is 10.5. The molecule has 2 nitrogen and oxygen atoms in total. The molecule has 1 heterocycles. The Morgan fingerprint density at radius 1 is 1.33 bits per heavy atom. The van der Waals surface area contributed by atoms with Crippen LogP contribution in [0.1, 0.15) is 11.6 Å². The van der Waals surface area contributed by atoms with Gasteiger partial charge in [0.2, 0.25) is 0 Å². The van der Waals surface area contributed by atoms with Gasteiger partial charge in [0, 0.05) is 35.7 Å². The third-order valence-corrected chi connectivity index (χ3v) is 2.87. The van der Waals surface area contributed by atoms with Crippen LogP contribution >= 0.6 is 28.3 Å². The summed E-state index contributed by atoms with van der Waals surface area (Å²) in [4.78, 5) is 0. The number of rotatable bonds is 1. The molecule has 2 rings (SSSR count). The largest absolute Gasteiger partial charge is 0.314 e. The lowest BCUT2D eigenvalue weighted by Gasteiger charge is -2.25. The van der Waals surface area contributed by atoms with Crippen molar-refractivity contribution in [1.29, 1.82) is 0 Å². The molecule has 0 bridgehead atoms. The molecule has 0 unspecified atom stereocenters. The zero-order chi connectivity index (χ0) is 9.97. The van der Waals surface area contributed by atoms with Crippen LogP contribution < -0.4 is 10.6 Å². The molecule has 1 aliphatic heterocycles. The average molecular weight is 296 g/mol. The Hall–Kier alpha value is -0.160. The highest BCUT2D eigenvalue weighted by Gasteiger charge is 2.17. The van der Waals surface area contributed by atoms with Crippen molar-refractivity contribution in [2.75, 3.05) is 19.6 Å². The number of hydrogen-bond acceptors (Lipinski definition) is 2. The van der Waals surface area contributed by atoms with Crippen LogP contribution in [0.3, 0.4) is 0 Å². The molecule has 0 amide bonds. The fourth-order valence-electron chi connectivity index (χ4n) is 1.65. The zero-order valence-electron chi connectivity index (χ0n) is 8.09. The molecule has 0 saturated carbocycles. The Morgan fingerprint density at radius 3 is 2.80 bits per heavy atom. The van der Waals surface area contributed by atoms with E-state index in [4.69, 9.17) is 0 Å². The first-order valence-electron chi connectivity index (χ1n) is 4.66. The number of nitrogens with one attached hydrogen (secondary N) is 2. The van der Waals surface area contributed by atoms with Gasteiger partial charge in [0.15, 0.2) is 0 Å². The van der Waals surface area contributed by atoms with Crippen LogP contribution in [0.25, 0.3) is 0 Å². The Morgan fingerprint density at radius 2 is 2.13 bits per heavy atom. The number of benzene rings is 1. The minimum Gasteiger partial charge on any atom is -0.314 e. The van der Waals surface area contributed by atoms with Crippen molar-refractivity contribution >= 4 is 28.3 Å². The Labute approximate surface area is 103 Å². The van der Waals surface area contributed by atoms with Gasteiger partial charge in [-0.2, -0.15) is 0 Å². The van der Waals surface area contributed by atoms with E-state index in [1.54, 1.807) is 6.07 Å². The first-order valence-corrected chi connectivity index (χ1v) is 5.46. The third kappa shape index (κ3) is 3.14. The molecule has 0 aromatic heterocycles. The van der Waals surface area contributed by atoms with Crippen LogP contribution in [0.4, 0.5) is 4.39 Å². The van der Waals surface area contributed by atoms with Gasteiger partial charge in [-0.05, 0) is 18.2 Å². The molecular weight excluding hydrogens is 282 g/mol. The van der Waals surface area contributed by atoms with E-state index in [2.05, 4.69) is 26.6 Å². The predicted octanol–water partition coefficient (Wildman–Crippen LogP) is 2.24. The van der Waals surface area contributed by atoms with Gasteiger partial charge in [-0.3, -0.25) is 0 Å². The van der Waals surface area contributed by atoms with E-state index < -0.39 is 0 Å². The lowest BCUT2D eigenvalue weighted by molar-refractivity contribution is 0.416. The van der Waals surface area contributed by atoms with E-state index in [0.717, 1.165) is 29.7 Å². The van der Waals surface area contributed by atoms with Crippen LogP contribution in [0.2, 0.25) is 0 Å². The fourth-order valence-corrected chi connectivity index (χ4v) is 2.03. The summed E-state index contributed by atoms with van der Waals surface area (Å²) in [7, 11) is 0. The smallest absolute Gasteiger partial charge is 0.128 e. The quantitative estimate of drug-likeness (QED) is 0.830. The van der Waals surface area contributed by atoms with E-state index in [1.165, 1.54) is 6.07 Å². The summed E-state index contributed by atoms with van der Waals surface area (Å²) in [5.74, 6) is -0.144. The van der Waals surface area contributed by atoms with E-state index in [0.29, 0.717) is 0 Å². The number of hydrogen-bond donors (Lipinski definition) is 2. The predicted molar refractivity (Wildman–Crippen MR) is 65.0 cm³/mol. The molecule has 5 heteroatoms. The van der Waals surface area contributed by atoms with Gasteiger partial charge in [-0.1, -0.05) is 15.9 Å². The number of piperazine rings is 1. The summed E-state index contributed by atoms with van der Waals surface area (Å²) in [6.45, 7) is 2.62. The van der Waals surface area contributed by atoms with Crippen molar-refractivity contribution in [3.63, 3.8) is 0 Å². The second-order valence-corrected chi connectivity index (χ2v) is 4.29. The topological polar surface area (TPSA) is 24.1 Å². The van der Waals surface area contributed by atoms with Crippen molar-refractivity contribution in [3.8, 4) is 0 Å². The molecule has 0 spiro atoms.